The summed E-state index contributed by atoms with van der Waals surface area (Å²) in [6.45, 7) is 10.3. The molecule has 0 radical (unpaired) electrons. The second kappa shape index (κ2) is 9.55. The van der Waals surface area contributed by atoms with Gasteiger partial charge in [0.05, 0.1) is 18.4 Å². The first-order valence-electron chi connectivity index (χ1n) is 10.0. The molecule has 1 unspecified atom stereocenters. The number of aromatic nitrogens is 2. The first kappa shape index (κ1) is 19.4. The molecule has 3 rings (SSSR count). The SMILES string of the molecule is CCNC(=NCC1CCN(CC)C1)N(C)Cc1ncc(-c2ccccc2)[nH]1. The van der Waals surface area contributed by atoms with E-state index in [0.717, 1.165) is 42.7 Å². The smallest absolute Gasteiger partial charge is 0.194 e. The highest BCUT2D eigenvalue weighted by Gasteiger charge is 2.21. The number of aromatic amines is 1. The lowest BCUT2D eigenvalue weighted by molar-refractivity contribution is 0.343. The number of guanidine groups is 1. The van der Waals surface area contributed by atoms with Gasteiger partial charge in [0.1, 0.15) is 5.82 Å². The molecule has 0 saturated carbocycles. The molecule has 1 aromatic carbocycles. The number of benzene rings is 1. The van der Waals surface area contributed by atoms with Crippen LogP contribution in [-0.4, -0.2) is 65.5 Å². The van der Waals surface area contributed by atoms with Crippen LogP contribution in [-0.2, 0) is 6.54 Å². The molecule has 0 amide bonds. The first-order chi connectivity index (χ1) is 13.2. The van der Waals surface area contributed by atoms with Crippen LogP contribution in [0.15, 0.2) is 41.5 Å². The maximum absolute atomic E-state index is 4.89. The monoisotopic (exact) mass is 368 g/mol. The third kappa shape index (κ3) is 5.32. The van der Waals surface area contributed by atoms with Crippen molar-refractivity contribution in [3.05, 3.63) is 42.4 Å². The number of aliphatic imine (C=N–C) groups is 1. The number of nitrogens with one attached hydrogen (secondary N) is 2. The highest BCUT2D eigenvalue weighted by atomic mass is 15.3. The normalized spacial score (nSPS) is 18.0. The third-order valence-electron chi connectivity index (χ3n) is 5.11. The molecule has 1 aliphatic rings. The molecule has 6 nitrogen and oxygen atoms in total. The minimum absolute atomic E-state index is 0.667. The van der Waals surface area contributed by atoms with Crippen molar-refractivity contribution < 1.29 is 0 Å². The van der Waals surface area contributed by atoms with Crippen molar-refractivity contribution in [2.24, 2.45) is 10.9 Å². The second-order valence-corrected chi connectivity index (χ2v) is 7.21. The Morgan fingerprint density at radius 1 is 1.33 bits per heavy atom. The van der Waals surface area contributed by atoms with Gasteiger partial charge >= 0.3 is 0 Å². The Bertz CT molecular complexity index is 723. The van der Waals surface area contributed by atoms with Gasteiger partial charge in [0, 0.05) is 26.7 Å². The van der Waals surface area contributed by atoms with Crippen molar-refractivity contribution in [3.8, 4) is 11.3 Å². The summed E-state index contributed by atoms with van der Waals surface area (Å²) in [6.07, 6.45) is 3.15. The molecule has 27 heavy (non-hydrogen) atoms. The molecule has 1 atom stereocenters. The molecular formula is C21H32N6. The Hall–Kier alpha value is -2.34. The number of imidazole rings is 1. The van der Waals surface area contributed by atoms with Crippen LogP contribution in [0.5, 0.6) is 0 Å². The molecule has 2 N–H and O–H groups in total. The standard InChI is InChI=1S/C21H32N6/c1-4-22-21(24-13-17-11-12-27(5-2)15-17)26(3)16-20-23-14-19(25-20)18-9-7-6-8-10-18/h6-10,14,17H,4-5,11-13,15-16H2,1-3H3,(H,22,24)(H,23,25). The largest absolute Gasteiger partial charge is 0.357 e. The third-order valence-corrected chi connectivity index (χ3v) is 5.11. The fraction of sp³-hybridized carbons (Fsp3) is 0.524. The highest BCUT2D eigenvalue weighted by Crippen LogP contribution is 2.17. The Morgan fingerprint density at radius 3 is 2.85 bits per heavy atom. The predicted molar refractivity (Wildman–Crippen MR) is 112 cm³/mol. The molecule has 0 aliphatic carbocycles. The maximum Gasteiger partial charge on any atom is 0.194 e. The fourth-order valence-corrected chi connectivity index (χ4v) is 3.54. The van der Waals surface area contributed by atoms with E-state index in [4.69, 9.17) is 4.99 Å². The summed E-state index contributed by atoms with van der Waals surface area (Å²) in [7, 11) is 2.07. The number of H-pyrrole nitrogens is 1. The molecule has 6 heteroatoms. The molecule has 1 fully saturated rings. The van der Waals surface area contributed by atoms with E-state index < -0.39 is 0 Å². The predicted octanol–water partition coefficient (Wildman–Crippen LogP) is 2.82. The number of hydrogen-bond donors (Lipinski definition) is 2. The molecule has 1 aliphatic heterocycles. The van der Waals surface area contributed by atoms with Crippen LogP contribution in [0, 0.1) is 5.92 Å². The minimum atomic E-state index is 0.667. The molecule has 0 bridgehead atoms. The van der Waals surface area contributed by atoms with E-state index >= 15 is 0 Å². The van der Waals surface area contributed by atoms with Crippen molar-refractivity contribution in [2.75, 3.05) is 39.8 Å². The molecule has 0 spiro atoms. The summed E-state index contributed by atoms with van der Waals surface area (Å²) in [5.41, 5.74) is 2.20. The zero-order chi connectivity index (χ0) is 19.1. The number of likely N-dealkylation sites (tertiary alicyclic amines) is 1. The van der Waals surface area contributed by atoms with Crippen molar-refractivity contribution in [2.45, 2.75) is 26.8 Å². The van der Waals surface area contributed by atoms with Crippen LogP contribution < -0.4 is 5.32 Å². The second-order valence-electron chi connectivity index (χ2n) is 7.21. The van der Waals surface area contributed by atoms with Crippen molar-refractivity contribution in [3.63, 3.8) is 0 Å². The van der Waals surface area contributed by atoms with Crippen LogP contribution in [0.2, 0.25) is 0 Å². The van der Waals surface area contributed by atoms with Crippen LogP contribution in [0.25, 0.3) is 11.3 Å². The van der Waals surface area contributed by atoms with Gasteiger partial charge in [-0.15, -0.1) is 0 Å². The topological polar surface area (TPSA) is 59.6 Å². The number of rotatable bonds is 7. The summed E-state index contributed by atoms with van der Waals surface area (Å²) < 4.78 is 0. The van der Waals surface area contributed by atoms with E-state index in [-0.39, 0.29) is 0 Å². The van der Waals surface area contributed by atoms with Crippen LogP contribution in [0.3, 0.4) is 0 Å². The highest BCUT2D eigenvalue weighted by molar-refractivity contribution is 5.79. The average Bonchev–Trinajstić information content (AvgIpc) is 3.35. The zero-order valence-electron chi connectivity index (χ0n) is 16.8. The van der Waals surface area contributed by atoms with Gasteiger partial charge in [-0.05, 0) is 37.9 Å². The minimum Gasteiger partial charge on any atom is -0.357 e. The Morgan fingerprint density at radius 2 is 2.15 bits per heavy atom. The summed E-state index contributed by atoms with van der Waals surface area (Å²) in [5, 5.41) is 3.41. The molecular weight excluding hydrogens is 336 g/mol. The molecule has 146 valence electrons. The van der Waals surface area contributed by atoms with Crippen LogP contribution in [0.4, 0.5) is 0 Å². The summed E-state index contributed by atoms with van der Waals surface area (Å²) in [6, 6.07) is 10.3. The van der Waals surface area contributed by atoms with Gasteiger partial charge in [-0.25, -0.2) is 4.98 Å². The lowest BCUT2D eigenvalue weighted by Gasteiger charge is -2.21. The van der Waals surface area contributed by atoms with Gasteiger partial charge in [0.15, 0.2) is 5.96 Å². The maximum atomic E-state index is 4.89. The lowest BCUT2D eigenvalue weighted by Crippen LogP contribution is -2.39. The molecule has 1 aromatic heterocycles. The van der Waals surface area contributed by atoms with Gasteiger partial charge in [-0.1, -0.05) is 37.3 Å². The summed E-state index contributed by atoms with van der Waals surface area (Å²) >= 11 is 0. The Balaban J connectivity index is 1.61. The molecule has 1 saturated heterocycles. The number of nitrogens with zero attached hydrogens (tertiary/aromatic N) is 4. The van der Waals surface area contributed by atoms with Crippen LogP contribution >= 0.6 is 0 Å². The molecule has 2 aromatic rings. The Kier molecular flexibility index (Phi) is 6.87. The van der Waals surface area contributed by atoms with Crippen molar-refractivity contribution in [1.82, 2.24) is 25.1 Å². The van der Waals surface area contributed by atoms with E-state index in [0.29, 0.717) is 12.5 Å². The van der Waals surface area contributed by atoms with Crippen LogP contribution in [0.1, 0.15) is 26.1 Å². The van der Waals surface area contributed by atoms with Gasteiger partial charge in [-0.2, -0.15) is 0 Å². The van der Waals surface area contributed by atoms with E-state index in [2.05, 4.69) is 58.1 Å². The van der Waals surface area contributed by atoms with Gasteiger partial charge in [-0.3, -0.25) is 4.99 Å². The quantitative estimate of drug-likeness (QED) is 0.583. The van der Waals surface area contributed by atoms with E-state index in [1.165, 1.54) is 19.5 Å². The average molecular weight is 369 g/mol. The summed E-state index contributed by atoms with van der Waals surface area (Å²) in [4.78, 5) is 17.5. The van der Waals surface area contributed by atoms with Crippen molar-refractivity contribution >= 4 is 5.96 Å². The van der Waals surface area contributed by atoms with Gasteiger partial charge in [0.2, 0.25) is 0 Å². The van der Waals surface area contributed by atoms with Gasteiger partial charge < -0.3 is 20.1 Å². The Labute approximate surface area is 162 Å². The van der Waals surface area contributed by atoms with Gasteiger partial charge in [0.25, 0.3) is 0 Å². The first-order valence-corrected chi connectivity index (χ1v) is 10.0. The zero-order valence-corrected chi connectivity index (χ0v) is 16.8. The fourth-order valence-electron chi connectivity index (χ4n) is 3.54. The number of hydrogen-bond acceptors (Lipinski definition) is 3. The lowest BCUT2D eigenvalue weighted by atomic mass is 10.1. The van der Waals surface area contributed by atoms with E-state index in [1.807, 2.05) is 24.4 Å². The van der Waals surface area contributed by atoms with E-state index in [9.17, 15) is 0 Å². The molecule has 2 heterocycles. The van der Waals surface area contributed by atoms with E-state index in [1.54, 1.807) is 0 Å². The summed E-state index contributed by atoms with van der Waals surface area (Å²) in [5.74, 6) is 2.56. The van der Waals surface area contributed by atoms with Crippen molar-refractivity contribution in [1.29, 1.82) is 0 Å².